The van der Waals surface area contributed by atoms with Crippen molar-refractivity contribution in [2.75, 3.05) is 12.0 Å². The van der Waals surface area contributed by atoms with Gasteiger partial charge in [-0.2, -0.15) is 0 Å². The number of benzene rings is 2. The summed E-state index contributed by atoms with van der Waals surface area (Å²) < 4.78 is 7.30. The Balaban J connectivity index is 1.56. The lowest BCUT2D eigenvalue weighted by molar-refractivity contribution is -0.384. The number of nitrogens with zero attached hydrogens (tertiary/aromatic N) is 4. The second-order valence-corrected chi connectivity index (χ2v) is 6.65. The summed E-state index contributed by atoms with van der Waals surface area (Å²) in [6.45, 7) is 2.56. The van der Waals surface area contributed by atoms with Crippen molar-refractivity contribution < 1.29 is 9.66 Å². The average Bonchev–Trinajstić information content (AvgIpc) is 3.23. The Hall–Kier alpha value is -3.07. The van der Waals surface area contributed by atoms with Crippen LogP contribution in [-0.4, -0.2) is 26.4 Å². The number of rotatable bonds is 5. The van der Waals surface area contributed by atoms with E-state index in [1.807, 2.05) is 35.9 Å². The van der Waals surface area contributed by atoms with Crippen LogP contribution in [0.3, 0.4) is 0 Å². The highest BCUT2D eigenvalue weighted by Gasteiger charge is 2.28. The molecule has 1 aromatic heterocycles. The van der Waals surface area contributed by atoms with Crippen LogP contribution in [0, 0.1) is 10.1 Å². The van der Waals surface area contributed by atoms with E-state index in [4.69, 9.17) is 4.74 Å². The van der Waals surface area contributed by atoms with Crippen LogP contribution >= 0.6 is 11.8 Å². The Bertz CT molecular complexity index is 940. The minimum absolute atomic E-state index is 0.0752. The number of hydrogen-bond acceptors (Lipinski definition) is 7. The van der Waals surface area contributed by atoms with Crippen LogP contribution in [0.2, 0.25) is 0 Å². The van der Waals surface area contributed by atoms with Gasteiger partial charge in [0.05, 0.1) is 11.5 Å². The molecule has 2 aromatic carbocycles. The maximum atomic E-state index is 10.8. The Morgan fingerprint density at radius 2 is 1.92 bits per heavy atom. The second-order valence-electron chi connectivity index (χ2n) is 5.57. The van der Waals surface area contributed by atoms with Crippen LogP contribution in [0.5, 0.6) is 5.75 Å². The molecule has 132 valence electrons. The fourth-order valence-corrected chi connectivity index (χ4v) is 3.67. The number of thioether (sulfide) groups is 1. The zero-order valence-electron chi connectivity index (χ0n) is 13.8. The van der Waals surface area contributed by atoms with Crippen molar-refractivity contribution in [2.45, 2.75) is 17.5 Å². The number of aromatic nitrogens is 3. The van der Waals surface area contributed by atoms with Crippen molar-refractivity contribution in [1.29, 1.82) is 0 Å². The number of fused-ring (bicyclic) bond motifs is 1. The molecular weight excluding hydrogens is 354 g/mol. The van der Waals surface area contributed by atoms with Crippen molar-refractivity contribution in [3.63, 3.8) is 0 Å². The summed E-state index contributed by atoms with van der Waals surface area (Å²) in [5.74, 6) is 1.52. The summed E-state index contributed by atoms with van der Waals surface area (Å²) >= 11 is 1.51. The molecule has 4 rings (SSSR count). The Morgan fingerprint density at radius 3 is 2.58 bits per heavy atom. The lowest BCUT2D eigenvalue weighted by Crippen LogP contribution is -2.13. The lowest BCUT2D eigenvalue weighted by atomic mass is 10.2. The molecule has 0 fully saturated rings. The summed E-state index contributed by atoms with van der Waals surface area (Å²) in [5, 5.41) is 19.9. The highest BCUT2D eigenvalue weighted by Crippen LogP contribution is 2.40. The number of nitro groups is 1. The minimum atomic E-state index is -0.405. The fourth-order valence-electron chi connectivity index (χ4n) is 2.68. The van der Waals surface area contributed by atoms with Crippen molar-refractivity contribution in [2.24, 2.45) is 0 Å². The molecule has 9 heteroatoms. The molecular formula is C17H15N5O3S. The molecule has 0 bridgehead atoms. The highest BCUT2D eigenvalue weighted by molar-refractivity contribution is 7.99. The smallest absolute Gasteiger partial charge is 0.269 e. The van der Waals surface area contributed by atoms with Gasteiger partial charge in [-0.25, -0.2) is 4.68 Å². The summed E-state index contributed by atoms with van der Waals surface area (Å²) in [6.07, 6.45) is 0. The van der Waals surface area contributed by atoms with Gasteiger partial charge in [0, 0.05) is 17.7 Å². The molecule has 1 atom stereocenters. The highest BCUT2D eigenvalue weighted by atomic mass is 32.2. The molecule has 1 aliphatic rings. The van der Waals surface area contributed by atoms with Crippen LogP contribution in [0.4, 0.5) is 5.69 Å². The van der Waals surface area contributed by atoms with Crippen LogP contribution in [0.1, 0.15) is 17.9 Å². The van der Waals surface area contributed by atoms with E-state index in [0.29, 0.717) is 12.4 Å². The van der Waals surface area contributed by atoms with Crippen molar-refractivity contribution in [1.82, 2.24) is 14.9 Å². The summed E-state index contributed by atoms with van der Waals surface area (Å²) in [7, 11) is 0. The second kappa shape index (κ2) is 6.68. The number of nitro benzene ring substituents is 1. The summed E-state index contributed by atoms with van der Waals surface area (Å²) in [5.41, 5.74) is 5.27. The van der Waals surface area contributed by atoms with E-state index >= 15 is 0 Å². The van der Waals surface area contributed by atoms with Crippen LogP contribution in [0.15, 0.2) is 53.7 Å². The van der Waals surface area contributed by atoms with Gasteiger partial charge in [0.1, 0.15) is 11.1 Å². The SMILES string of the molecule is CCOc1ccc(-c2nnc3n2N[C@@H](c2ccc([N+](=O)[O-])cc2)S3)cc1. The summed E-state index contributed by atoms with van der Waals surface area (Å²) in [4.78, 5) is 10.4. The Labute approximate surface area is 153 Å². The predicted molar refractivity (Wildman–Crippen MR) is 97.7 cm³/mol. The largest absolute Gasteiger partial charge is 0.494 e. The number of hydrogen-bond donors (Lipinski definition) is 1. The van der Waals surface area contributed by atoms with E-state index in [0.717, 1.165) is 22.0 Å². The van der Waals surface area contributed by atoms with E-state index in [2.05, 4.69) is 15.6 Å². The van der Waals surface area contributed by atoms with Gasteiger partial charge >= 0.3 is 0 Å². The van der Waals surface area contributed by atoms with E-state index < -0.39 is 4.92 Å². The third-order valence-electron chi connectivity index (χ3n) is 3.93. The molecule has 26 heavy (non-hydrogen) atoms. The Morgan fingerprint density at radius 1 is 1.19 bits per heavy atom. The molecule has 1 N–H and O–H groups in total. The van der Waals surface area contributed by atoms with Gasteiger partial charge in [-0.1, -0.05) is 11.8 Å². The summed E-state index contributed by atoms with van der Waals surface area (Å²) in [6, 6.07) is 14.2. The normalized spacial score (nSPS) is 15.3. The van der Waals surface area contributed by atoms with Crippen molar-refractivity contribution in [3.05, 3.63) is 64.2 Å². The molecule has 8 nitrogen and oxygen atoms in total. The molecule has 0 unspecified atom stereocenters. The Kier molecular flexibility index (Phi) is 4.21. The van der Waals surface area contributed by atoms with Gasteiger partial charge in [0.25, 0.3) is 5.69 Å². The van der Waals surface area contributed by atoms with E-state index in [-0.39, 0.29) is 11.1 Å². The molecule has 0 saturated carbocycles. The first-order valence-corrected chi connectivity index (χ1v) is 8.90. The number of ether oxygens (including phenoxy) is 1. The van der Waals surface area contributed by atoms with Gasteiger partial charge < -0.3 is 10.2 Å². The number of nitrogens with one attached hydrogen (secondary N) is 1. The quantitative estimate of drug-likeness (QED) is 0.542. The monoisotopic (exact) mass is 369 g/mol. The van der Waals surface area contributed by atoms with E-state index in [9.17, 15) is 10.1 Å². The molecule has 0 aliphatic carbocycles. The van der Waals surface area contributed by atoms with Crippen LogP contribution < -0.4 is 10.2 Å². The van der Waals surface area contributed by atoms with E-state index in [1.165, 1.54) is 23.9 Å². The molecule has 1 aliphatic heterocycles. The first kappa shape index (κ1) is 16.4. The van der Waals surface area contributed by atoms with Crippen LogP contribution in [0.25, 0.3) is 11.4 Å². The van der Waals surface area contributed by atoms with Crippen molar-refractivity contribution >= 4 is 17.4 Å². The maximum Gasteiger partial charge on any atom is 0.269 e. The molecule has 0 saturated heterocycles. The molecule has 0 radical (unpaired) electrons. The lowest BCUT2D eigenvalue weighted by Gasteiger charge is -2.12. The third-order valence-corrected chi connectivity index (χ3v) is 5.02. The first-order valence-electron chi connectivity index (χ1n) is 8.02. The van der Waals surface area contributed by atoms with E-state index in [1.54, 1.807) is 12.1 Å². The average molecular weight is 369 g/mol. The molecule has 3 aromatic rings. The zero-order valence-corrected chi connectivity index (χ0v) is 14.6. The number of non-ortho nitro benzene ring substituents is 1. The molecule has 0 spiro atoms. The molecule has 0 amide bonds. The molecule has 2 heterocycles. The minimum Gasteiger partial charge on any atom is -0.494 e. The predicted octanol–water partition coefficient (Wildman–Crippen LogP) is 3.60. The van der Waals surface area contributed by atoms with Crippen LogP contribution in [-0.2, 0) is 0 Å². The zero-order chi connectivity index (χ0) is 18.1. The van der Waals surface area contributed by atoms with Gasteiger partial charge in [-0.15, -0.1) is 10.2 Å². The third kappa shape index (κ3) is 2.97. The standard InChI is InChI=1S/C17H15N5O3S/c1-2-25-14-9-5-11(6-10-14)15-18-19-17-21(15)20-16(26-17)12-3-7-13(8-4-12)22(23)24/h3-10,16,20H,2H2,1H3/t16-/m1/s1. The van der Waals surface area contributed by atoms with Gasteiger partial charge in [-0.05, 0) is 48.9 Å². The topological polar surface area (TPSA) is 95.1 Å². The van der Waals surface area contributed by atoms with Gasteiger partial charge in [0.2, 0.25) is 5.16 Å². The van der Waals surface area contributed by atoms with Crippen molar-refractivity contribution in [3.8, 4) is 17.1 Å². The first-order chi connectivity index (χ1) is 12.7. The van der Waals surface area contributed by atoms with Gasteiger partial charge in [-0.3, -0.25) is 10.1 Å². The fraction of sp³-hybridized carbons (Fsp3) is 0.176. The van der Waals surface area contributed by atoms with Gasteiger partial charge in [0.15, 0.2) is 5.82 Å². The maximum absolute atomic E-state index is 10.8.